The first-order valence-electron chi connectivity index (χ1n) is 7.33. The van der Waals surface area contributed by atoms with Crippen molar-refractivity contribution in [2.24, 2.45) is 0 Å². The van der Waals surface area contributed by atoms with Crippen LogP contribution in [0.2, 0.25) is 5.02 Å². The molecular weight excluding hydrogens is 348 g/mol. The molecule has 1 N–H and O–H groups in total. The van der Waals surface area contributed by atoms with E-state index in [1.807, 2.05) is 6.92 Å². The predicted octanol–water partition coefficient (Wildman–Crippen LogP) is 4.26. The van der Waals surface area contributed by atoms with Gasteiger partial charge in [-0.25, -0.2) is 8.42 Å². The van der Waals surface area contributed by atoms with Crippen LogP contribution in [0.4, 0.5) is 5.88 Å². The number of aromatic nitrogens is 1. The Hall–Kier alpha value is -2.31. The van der Waals surface area contributed by atoms with Crippen LogP contribution >= 0.6 is 11.6 Å². The SMILES string of the molecule is CCNc1oc(-c2ccccc2Cl)nc1S(=O)(=O)c1ccccc1. The van der Waals surface area contributed by atoms with Crippen molar-refractivity contribution in [2.45, 2.75) is 16.8 Å². The Bertz CT molecular complexity index is 953. The second-order valence-electron chi connectivity index (χ2n) is 4.98. The van der Waals surface area contributed by atoms with Gasteiger partial charge in [-0.3, -0.25) is 0 Å². The fourth-order valence-corrected chi connectivity index (χ4v) is 3.74. The lowest BCUT2D eigenvalue weighted by Gasteiger charge is -2.03. The topological polar surface area (TPSA) is 72.2 Å². The molecule has 0 aliphatic rings. The molecule has 0 aliphatic carbocycles. The number of hydrogen-bond donors (Lipinski definition) is 1. The Balaban J connectivity index is 2.16. The monoisotopic (exact) mass is 362 g/mol. The summed E-state index contributed by atoms with van der Waals surface area (Å²) in [7, 11) is -3.80. The van der Waals surface area contributed by atoms with E-state index in [-0.39, 0.29) is 21.7 Å². The molecule has 0 amide bonds. The molecule has 24 heavy (non-hydrogen) atoms. The van der Waals surface area contributed by atoms with Gasteiger partial charge in [0.2, 0.25) is 26.6 Å². The summed E-state index contributed by atoms with van der Waals surface area (Å²) >= 11 is 6.16. The third-order valence-corrected chi connectivity index (χ3v) is 5.35. The number of nitrogens with zero attached hydrogens (tertiary/aromatic N) is 1. The zero-order valence-corrected chi connectivity index (χ0v) is 14.4. The Kier molecular flexibility index (Phi) is 4.59. The van der Waals surface area contributed by atoms with Gasteiger partial charge in [-0.15, -0.1) is 0 Å². The van der Waals surface area contributed by atoms with Crippen LogP contribution in [-0.2, 0) is 9.84 Å². The van der Waals surface area contributed by atoms with Crippen LogP contribution in [0.5, 0.6) is 0 Å². The van der Waals surface area contributed by atoms with E-state index >= 15 is 0 Å². The van der Waals surface area contributed by atoms with Crippen LogP contribution < -0.4 is 5.32 Å². The van der Waals surface area contributed by atoms with Gasteiger partial charge in [0.15, 0.2) is 0 Å². The average molecular weight is 363 g/mol. The van der Waals surface area contributed by atoms with E-state index in [9.17, 15) is 8.42 Å². The molecule has 1 aromatic heterocycles. The first kappa shape index (κ1) is 16.5. The minimum Gasteiger partial charge on any atom is -0.419 e. The zero-order chi connectivity index (χ0) is 17.2. The molecule has 7 heteroatoms. The predicted molar refractivity (Wildman–Crippen MR) is 93.0 cm³/mol. The summed E-state index contributed by atoms with van der Waals surface area (Å²) < 4.78 is 31.4. The van der Waals surface area contributed by atoms with Crippen molar-refractivity contribution < 1.29 is 12.8 Å². The van der Waals surface area contributed by atoms with Gasteiger partial charge < -0.3 is 9.73 Å². The van der Waals surface area contributed by atoms with E-state index in [4.69, 9.17) is 16.0 Å². The van der Waals surface area contributed by atoms with Crippen molar-refractivity contribution >= 4 is 27.3 Å². The van der Waals surface area contributed by atoms with Crippen molar-refractivity contribution in [1.29, 1.82) is 0 Å². The van der Waals surface area contributed by atoms with E-state index in [1.54, 1.807) is 42.5 Å². The molecule has 5 nitrogen and oxygen atoms in total. The van der Waals surface area contributed by atoms with Gasteiger partial charge in [-0.05, 0) is 31.2 Å². The number of nitrogens with one attached hydrogen (secondary N) is 1. The Morgan fingerprint density at radius 2 is 1.75 bits per heavy atom. The van der Waals surface area contributed by atoms with Crippen molar-refractivity contribution in [3.05, 3.63) is 59.6 Å². The second-order valence-corrected chi connectivity index (χ2v) is 7.25. The first-order chi connectivity index (χ1) is 11.5. The largest absolute Gasteiger partial charge is 0.419 e. The molecule has 2 aromatic carbocycles. The summed E-state index contributed by atoms with van der Waals surface area (Å²) in [6, 6.07) is 15.1. The minimum atomic E-state index is -3.80. The molecule has 0 spiro atoms. The van der Waals surface area contributed by atoms with E-state index in [0.717, 1.165) is 0 Å². The molecule has 0 bridgehead atoms. The maximum absolute atomic E-state index is 12.9. The number of rotatable bonds is 5. The fourth-order valence-electron chi connectivity index (χ4n) is 2.22. The summed E-state index contributed by atoms with van der Waals surface area (Å²) in [6.07, 6.45) is 0. The van der Waals surface area contributed by atoms with E-state index in [0.29, 0.717) is 17.1 Å². The summed E-state index contributed by atoms with van der Waals surface area (Å²) in [5, 5.41) is 3.20. The van der Waals surface area contributed by atoms with Gasteiger partial charge in [-0.2, -0.15) is 4.98 Å². The summed E-state index contributed by atoms with van der Waals surface area (Å²) in [5.74, 6) is 0.266. The number of anilines is 1. The average Bonchev–Trinajstić information content (AvgIpc) is 3.01. The van der Waals surface area contributed by atoms with Crippen LogP contribution in [0.3, 0.4) is 0 Å². The number of benzene rings is 2. The summed E-state index contributed by atoms with van der Waals surface area (Å²) in [4.78, 5) is 4.36. The van der Waals surface area contributed by atoms with Crippen molar-refractivity contribution in [2.75, 3.05) is 11.9 Å². The maximum Gasteiger partial charge on any atom is 0.233 e. The summed E-state index contributed by atoms with van der Waals surface area (Å²) in [5.41, 5.74) is 0.535. The van der Waals surface area contributed by atoms with Gasteiger partial charge in [-0.1, -0.05) is 41.9 Å². The van der Waals surface area contributed by atoms with Crippen LogP contribution in [0.1, 0.15) is 6.92 Å². The molecule has 3 aromatic rings. The molecule has 0 saturated heterocycles. The van der Waals surface area contributed by atoms with Gasteiger partial charge >= 0.3 is 0 Å². The normalized spacial score (nSPS) is 11.4. The van der Waals surface area contributed by atoms with Crippen LogP contribution in [0, 0.1) is 0 Å². The molecule has 1 heterocycles. The fraction of sp³-hybridized carbons (Fsp3) is 0.118. The number of sulfone groups is 1. The minimum absolute atomic E-state index is 0.108. The highest BCUT2D eigenvalue weighted by Crippen LogP contribution is 2.34. The van der Waals surface area contributed by atoms with Crippen LogP contribution in [0.15, 0.2) is 68.9 Å². The Morgan fingerprint density at radius 3 is 2.42 bits per heavy atom. The maximum atomic E-state index is 12.9. The number of hydrogen-bond acceptors (Lipinski definition) is 5. The van der Waals surface area contributed by atoms with E-state index < -0.39 is 9.84 Å². The van der Waals surface area contributed by atoms with E-state index in [2.05, 4.69) is 10.3 Å². The lowest BCUT2D eigenvalue weighted by atomic mass is 10.2. The van der Waals surface area contributed by atoms with Crippen molar-refractivity contribution in [1.82, 2.24) is 4.98 Å². The van der Waals surface area contributed by atoms with Gasteiger partial charge in [0.25, 0.3) is 0 Å². The second kappa shape index (κ2) is 6.67. The van der Waals surface area contributed by atoms with Crippen molar-refractivity contribution in [3.63, 3.8) is 0 Å². The lowest BCUT2D eigenvalue weighted by molar-refractivity contribution is 0.578. The molecule has 0 atom stereocenters. The first-order valence-corrected chi connectivity index (χ1v) is 9.20. The third-order valence-electron chi connectivity index (χ3n) is 3.35. The van der Waals surface area contributed by atoms with Gasteiger partial charge in [0, 0.05) is 6.54 Å². The molecule has 124 valence electrons. The van der Waals surface area contributed by atoms with Crippen LogP contribution in [-0.4, -0.2) is 19.9 Å². The van der Waals surface area contributed by atoms with E-state index in [1.165, 1.54) is 12.1 Å². The molecule has 0 saturated carbocycles. The molecule has 0 fully saturated rings. The highest BCUT2D eigenvalue weighted by atomic mass is 35.5. The molecular formula is C17H15ClN2O3S. The molecule has 3 rings (SSSR count). The van der Waals surface area contributed by atoms with Gasteiger partial charge in [0.1, 0.15) is 0 Å². The van der Waals surface area contributed by atoms with Crippen molar-refractivity contribution in [3.8, 4) is 11.5 Å². The quantitative estimate of drug-likeness (QED) is 0.734. The van der Waals surface area contributed by atoms with Gasteiger partial charge in [0.05, 0.1) is 15.5 Å². The van der Waals surface area contributed by atoms with Crippen LogP contribution in [0.25, 0.3) is 11.5 Å². The third kappa shape index (κ3) is 3.02. The lowest BCUT2D eigenvalue weighted by Crippen LogP contribution is -2.06. The Morgan fingerprint density at radius 1 is 1.08 bits per heavy atom. The highest BCUT2D eigenvalue weighted by molar-refractivity contribution is 7.91. The number of halogens is 1. The standard InChI is InChI=1S/C17H15ClN2O3S/c1-2-19-16-17(24(21,22)12-8-4-3-5-9-12)20-15(23-16)13-10-6-7-11-14(13)18/h3-11,19H,2H2,1H3. The zero-order valence-electron chi connectivity index (χ0n) is 12.9. The molecule has 0 unspecified atom stereocenters. The Labute approximate surface area is 145 Å². The number of oxazole rings is 1. The highest BCUT2D eigenvalue weighted by Gasteiger charge is 2.28. The molecule has 0 aliphatic heterocycles. The smallest absolute Gasteiger partial charge is 0.233 e. The summed E-state index contributed by atoms with van der Waals surface area (Å²) in [6.45, 7) is 2.34. The molecule has 0 radical (unpaired) electrons.